The Morgan fingerprint density at radius 3 is 2.56 bits per heavy atom. The van der Waals surface area contributed by atoms with Gasteiger partial charge in [-0.05, 0) is 38.0 Å². The van der Waals surface area contributed by atoms with E-state index < -0.39 is 31.1 Å². The topological polar surface area (TPSA) is 86.6 Å². The maximum atomic E-state index is 10.5. The predicted molar refractivity (Wildman–Crippen MR) is 96.9 cm³/mol. The Kier molecular flexibility index (Phi) is 7.84. The Morgan fingerprint density at radius 1 is 1.32 bits per heavy atom. The second-order valence-corrected chi connectivity index (χ2v) is 9.99. The quantitative estimate of drug-likeness (QED) is 0.601. The van der Waals surface area contributed by atoms with Crippen LogP contribution in [0.25, 0.3) is 0 Å². The van der Waals surface area contributed by atoms with E-state index >= 15 is 0 Å². The maximum absolute atomic E-state index is 10.5. The number of methoxy groups -OCH3 is 1. The molecule has 25 heavy (non-hydrogen) atoms. The lowest BCUT2D eigenvalue weighted by Gasteiger charge is -2.29. The van der Waals surface area contributed by atoms with Crippen molar-refractivity contribution >= 4 is 18.5 Å². The summed E-state index contributed by atoms with van der Waals surface area (Å²) in [7, 11) is 1.52. The molecule has 8 atom stereocenters. The molecule has 0 amide bonds. The summed E-state index contributed by atoms with van der Waals surface area (Å²) in [5, 5.41) is 10.3. The van der Waals surface area contributed by atoms with Crippen LogP contribution in [0.1, 0.15) is 40.5 Å². The molecule has 2 fully saturated rings. The lowest BCUT2D eigenvalue weighted by molar-refractivity contribution is -0.0543. The van der Waals surface area contributed by atoms with Crippen molar-refractivity contribution in [1.82, 2.24) is 0 Å². The zero-order valence-corrected chi connectivity index (χ0v) is 17.2. The minimum atomic E-state index is -3.48. The highest BCUT2D eigenvalue weighted by Crippen LogP contribution is 2.49. The molecule has 0 saturated carbocycles. The molecular weight excluding hydrogens is 367 g/mol. The van der Waals surface area contributed by atoms with Gasteiger partial charge in [-0.1, -0.05) is 13.8 Å². The average molecular weight is 398 g/mol. The van der Waals surface area contributed by atoms with Crippen LogP contribution >= 0.6 is 6.72 Å². The molecule has 148 valence electrons. The fraction of sp³-hybridized carbons (Fsp3) is 1.00. The summed E-state index contributed by atoms with van der Waals surface area (Å²) in [5.74, 6) is 0.458. The Hall–Kier alpha value is 0.370. The molecule has 2 aliphatic rings. The van der Waals surface area contributed by atoms with E-state index in [0.29, 0.717) is 18.9 Å². The van der Waals surface area contributed by atoms with Crippen LogP contribution in [0, 0.1) is 5.92 Å². The number of aliphatic hydroxyl groups is 1. The molecule has 0 aromatic heterocycles. The Labute approximate surface area is 155 Å². The van der Waals surface area contributed by atoms with Crippen molar-refractivity contribution in [3.05, 3.63) is 0 Å². The number of rotatable bonds is 8. The second kappa shape index (κ2) is 9.04. The third kappa shape index (κ3) is 5.67. The lowest BCUT2D eigenvalue weighted by Crippen LogP contribution is -2.39. The van der Waals surface area contributed by atoms with Gasteiger partial charge < -0.3 is 33.3 Å². The number of hydrogen-bond acceptors (Lipinski definition) is 7. The normalized spacial score (nSPS) is 39.7. The molecule has 2 unspecified atom stereocenters. The minimum Gasteiger partial charge on any atom is -0.387 e. The van der Waals surface area contributed by atoms with Gasteiger partial charge in [0.1, 0.15) is 18.3 Å². The van der Waals surface area contributed by atoms with Crippen molar-refractivity contribution in [1.29, 1.82) is 0 Å². The summed E-state index contributed by atoms with van der Waals surface area (Å²) in [6.07, 6.45) is -1.66. The molecule has 0 aromatic carbocycles. The zero-order valence-electron chi connectivity index (χ0n) is 15.5. The van der Waals surface area contributed by atoms with Crippen LogP contribution in [-0.4, -0.2) is 66.4 Å². The van der Waals surface area contributed by atoms with Crippen molar-refractivity contribution in [2.45, 2.75) is 83.3 Å². The van der Waals surface area contributed by atoms with Gasteiger partial charge in [0.2, 0.25) is 0 Å². The van der Waals surface area contributed by atoms with Crippen LogP contribution in [0.3, 0.4) is 0 Å². The third-order valence-electron chi connectivity index (χ3n) is 4.66. The van der Waals surface area contributed by atoms with Gasteiger partial charge in [-0.15, -0.1) is 0 Å². The second-order valence-electron chi connectivity index (χ2n) is 7.25. The highest BCUT2D eigenvalue weighted by molar-refractivity contribution is 8.07. The van der Waals surface area contributed by atoms with Crippen molar-refractivity contribution < 1.29 is 33.3 Å². The van der Waals surface area contributed by atoms with Crippen LogP contribution < -0.4 is 0 Å². The number of ether oxygens (including phenoxy) is 3. The first-order chi connectivity index (χ1) is 11.6. The van der Waals surface area contributed by atoms with Gasteiger partial charge in [0, 0.05) is 20.1 Å². The van der Waals surface area contributed by atoms with Gasteiger partial charge >= 0.3 is 6.72 Å². The van der Waals surface area contributed by atoms with Gasteiger partial charge in [-0.25, -0.2) is 0 Å². The van der Waals surface area contributed by atoms with E-state index in [1.165, 1.54) is 7.11 Å². The van der Waals surface area contributed by atoms with Crippen LogP contribution in [-0.2, 0) is 35.1 Å². The van der Waals surface area contributed by atoms with Crippen LogP contribution in [0.5, 0.6) is 0 Å². The Bertz CT molecular complexity index is 477. The van der Waals surface area contributed by atoms with Gasteiger partial charge in [-0.2, -0.15) is 0 Å². The van der Waals surface area contributed by atoms with Gasteiger partial charge in [-0.3, -0.25) is 0 Å². The van der Waals surface area contributed by atoms with Crippen molar-refractivity contribution in [2.24, 2.45) is 5.92 Å². The summed E-state index contributed by atoms with van der Waals surface area (Å²) in [6.45, 7) is 4.85. The molecule has 9 heteroatoms. The Balaban J connectivity index is 1.93. The molecule has 0 bridgehead atoms. The largest absolute Gasteiger partial charge is 0.387 e. The molecule has 2 N–H and O–H groups in total. The van der Waals surface area contributed by atoms with E-state index in [1.807, 2.05) is 6.92 Å². The van der Waals surface area contributed by atoms with Crippen LogP contribution in [0.2, 0.25) is 0 Å². The van der Waals surface area contributed by atoms with Gasteiger partial charge in [0.25, 0.3) is 0 Å². The molecule has 2 heterocycles. The summed E-state index contributed by atoms with van der Waals surface area (Å²) in [5.41, 5.74) is 0. The minimum absolute atomic E-state index is 0.0837. The van der Waals surface area contributed by atoms with Crippen molar-refractivity contribution in [3.8, 4) is 0 Å². The number of hydrogen-bond donors (Lipinski definition) is 2. The first kappa shape index (κ1) is 21.7. The fourth-order valence-electron chi connectivity index (χ4n) is 3.49. The van der Waals surface area contributed by atoms with Crippen molar-refractivity contribution in [2.75, 3.05) is 13.7 Å². The van der Waals surface area contributed by atoms with Crippen molar-refractivity contribution in [3.63, 3.8) is 0 Å². The summed E-state index contributed by atoms with van der Waals surface area (Å²) < 4.78 is 28.0. The van der Waals surface area contributed by atoms with Gasteiger partial charge in [0.05, 0.1) is 24.4 Å². The molecule has 2 saturated heterocycles. The fourth-order valence-corrected chi connectivity index (χ4v) is 5.40. The summed E-state index contributed by atoms with van der Waals surface area (Å²) >= 11 is 5.18. The van der Waals surface area contributed by atoms with E-state index in [1.54, 1.807) is 6.92 Å². The molecule has 7 nitrogen and oxygen atoms in total. The number of aliphatic hydroxyl groups excluding tert-OH is 1. The maximum Gasteiger partial charge on any atom is 0.325 e. The first-order valence-corrected chi connectivity index (χ1v) is 11.4. The molecule has 0 radical (unpaired) electrons. The van der Waals surface area contributed by atoms with E-state index in [2.05, 4.69) is 13.8 Å². The first-order valence-electron chi connectivity index (χ1n) is 8.82. The van der Waals surface area contributed by atoms with E-state index in [9.17, 15) is 10.00 Å². The van der Waals surface area contributed by atoms with E-state index in [-0.39, 0.29) is 18.3 Å². The average Bonchev–Trinajstić information content (AvgIpc) is 3.01. The van der Waals surface area contributed by atoms with E-state index in [0.717, 1.165) is 6.42 Å². The molecule has 0 aromatic rings. The Morgan fingerprint density at radius 2 is 2.00 bits per heavy atom. The molecule has 0 spiro atoms. The highest BCUT2D eigenvalue weighted by Gasteiger charge is 2.46. The molecule has 2 aliphatic heterocycles. The highest BCUT2D eigenvalue weighted by atomic mass is 32.5. The van der Waals surface area contributed by atoms with E-state index in [4.69, 9.17) is 35.1 Å². The third-order valence-corrected chi connectivity index (χ3v) is 6.32. The monoisotopic (exact) mass is 398 g/mol. The molecule has 2 rings (SSSR count). The van der Waals surface area contributed by atoms with Gasteiger partial charge in [0.15, 0.2) is 0 Å². The standard InChI is InChI=1S/C16H31O7PS/c1-9(2)8-13-12(6-7-20-13)23-24(18,25)22-11(4)16-14(17)15(19-5)10(3)21-16/h9-17H,6-8H2,1-5H3,(H,18,25)/t10-,11-,12+,13+,14+,15?,16+,24?/m0/s1. The smallest absolute Gasteiger partial charge is 0.325 e. The summed E-state index contributed by atoms with van der Waals surface area (Å²) in [6, 6.07) is 0. The summed E-state index contributed by atoms with van der Waals surface area (Å²) in [4.78, 5) is 10.5. The van der Waals surface area contributed by atoms with Crippen LogP contribution in [0.15, 0.2) is 0 Å². The molecular formula is C16H31O7PS. The predicted octanol–water partition coefficient (Wildman–Crippen LogP) is 1.99. The molecule has 0 aliphatic carbocycles. The zero-order chi connectivity index (χ0) is 18.8. The van der Waals surface area contributed by atoms with Crippen LogP contribution in [0.4, 0.5) is 0 Å². The lowest BCUT2D eigenvalue weighted by atomic mass is 10.0. The SMILES string of the molecule is COC1[C@H](C)O[C@H]([C@H](C)OP(O)(=S)O[C@@H]2CCO[C@@H]2CC(C)C)[C@@H]1O.